The normalized spacial score (nSPS) is 23.8. The van der Waals surface area contributed by atoms with E-state index in [9.17, 15) is 14.4 Å². The minimum Gasteiger partial charge on any atom is -0.493 e. The van der Waals surface area contributed by atoms with E-state index in [-0.39, 0.29) is 24.1 Å². The first-order chi connectivity index (χ1) is 12.6. The third kappa shape index (κ3) is 3.31. The number of fused-ring (bicyclic) bond motifs is 1. The van der Waals surface area contributed by atoms with E-state index in [1.807, 2.05) is 12.1 Å². The minimum atomic E-state index is -0.577. The van der Waals surface area contributed by atoms with Crippen LogP contribution >= 0.6 is 0 Å². The molecule has 0 saturated carbocycles. The van der Waals surface area contributed by atoms with Gasteiger partial charge in [0.25, 0.3) is 5.91 Å². The summed E-state index contributed by atoms with van der Waals surface area (Å²) in [5.41, 5.74) is 1.49. The monoisotopic (exact) mass is 357 g/mol. The van der Waals surface area contributed by atoms with E-state index in [2.05, 4.69) is 10.6 Å². The summed E-state index contributed by atoms with van der Waals surface area (Å²) in [5.74, 6) is 0.513. The van der Waals surface area contributed by atoms with Crippen LogP contribution in [-0.4, -0.2) is 48.4 Å². The highest BCUT2D eigenvalue weighted by atomic mass is 16.5. The molecule has 3 aliphatic heterocycles. The Bertz CT molecular complexity index is 742. The van der Waals surface area contributed by atoms with Gasteiger partial charge in [-0.2, -0.15) is 0 Å². The fourth-order valence-electron chi connectivity index (χ4n) is 3.90. The number of rotatable bonds is 4. The summed E-state index contributed by atoms with van der Waals surface area (Å²) in [6.07, 6.45) is 2.88. The third-order valence-corrected chi connectivity index (χ3v) is 5.44. The van der Waals surface area contributed by atoms with E-state index in [1.165, 1.54) is 0 Å². The second-order valence-corrected chi connectivity index (χ2v) is 7.22. The standard InChI is InChI=1S/C19H23N3O4/c23-17-4-3-16(18(24)21-17)22-10-13-9-14(1-2-15(13)19(22)25)26-11-12-5-7-20-8-6-12/h1-2,9,12,16,20H,3-8,10-11H2,(H,21,23,24). The molecule has 1 aromatic rings. The highest BCUT2D eigenvalue weighted by Crippen LogP contribution is 2.30. The Morgan fingerprint density at radius 3 is 2.69 bits per heavy atom. The van der Waals surface area contributed by atoms with Gasteiger partial charge in [-0.1, -0.05) is 0 Å². The zero-order valence-corrected chi connectivity index (χ0v) is 14.6. The number of hydrogen-bond acceptors (Lipinski definition) is 5. The topological polar surface area (TPSA) is 87.7 Å². The summed E-state index contributed by atoms with van der Waals surface area (Å²) >= 11 is 0. The fraction of sp³-hybridized carbons (Fsp3) is 0.526. The lowest BCUT2D eigenvalue weighted by atomic mass is 9.99. The number of ether oxygens (including phenoxy) is 1. The number of hydrogen-bond donors (Lipinski definition) is 2. The summed E-state index contributed by atoms with van der Waals surface area (Å²) in [5, 5.41) is 5.66. The van der Waals surface area contributed by atoms with Crippen LogP contribution in [0, 0.1) is 5.92 Å². The van der Waals surface area contributed by atoms with Gasteiger partial charge in [-0.3, -0.25) is 19.7 Å². The third-order valence-electron chi connectivity index (χ3n) is 5.44. The molecule has 138 valence electrons. The molecule has 2 fully saturated rings. The molecule has 26 heavy (non-hydrogen) atoms. The molecule has 0 radical (unpaired) electrons. The predicted octanol–water partition coefficient (Wildman–Crippen LogP) is 0.826. The highest BCUT2D eigenvalue weighted by Gasteiger charge is 2.39. The van der Waals surface area contributed by atoms with Crippen LogP contribution < -0.4 is 15.4 Å². The van der Waals surface area contributed by atoms with Crippen molar-refractivity contribution < 1.29 is 19.1 Å². The van der Waals surface area contributed by atoms with Crippen molar-refractivity contribution in [3.8, 4) is 5.75 Å². The molecular formula is C19H23N3O4. The van der Waals surface area contributed by atoms with Crippen molar-refractivity contribution in [2.75, 3.05) is 19.7 Å². The van der Waals surface area contributed by atoms with E-state index in [0.717, 1.165) is 37.2 Å². The van der Waals surface area contributed by atoms with Gasteiger partial charge >= 0.3 is 0 Å². The Hall–Kier alpha value is -2.41. The first-order valence-electron chi connectivity index (χ1n) is 9.23. The maximum atomic E-state index is 12.7. The summed E-state index contributed by atoms with van der Waals surface area (Å²) < 4.78 is 5.94. The van der Waals surface area contributed by atoms with Gasteiger partial charge in [0.2, 0.25) is 11.8 Å². The average Bonchev–Trinajstić information content (AvgIpc) is 2.97. The van der Waals surface area contributed by atoms with E-state index < -0.39 is 6.04 Å². The number of benzene rings is 1. The van der Waals surface area contributed by atoms with Gasteiger partial charge < -0.3 is 15.0 Å². The van der Waals surface area contributed by atoms with Gasteiger partial charge in [0.15, 0.2) is 0 Å². The fourth-order valence-corrected chi connectivity index (χ4v) is 3.90. The number of nitrogens with one attached hydrogen (secondary N) is 2. The highest BCUT2D eigenvalue weighted by molar-refractivity contribution is 6.05. The van der Waals surface area contributed by atoms with Crippen LogP contribution in [0.1, 0.15) is 41.6 Å². The van der Waals surface area contributed by atoms with Crippen molar-refractivity contribution >= 4 is 17.7 Å². The molecule has 0 aromatic heterocycles. The molecule has 2 N–H and O–H groups in total. The van der Waals surface area contributed by atoms with Crippen molar-refractivity contribution in [2.24, 2.45) is 5.92 Å². The first kappa shape index (κ1) is 17.0. The summed E-state index contributed by atoms with van der Waals surface area (Å²) in [6, 6.07) is 4.93. The molecule has 2 saturated heterocycles. The average molecular weight is 357 g/mol. The Kier molecular flexibility index (Phi) is 4.63. The van der Waals surface area contributed by atoms with Crippen LogP contribution in [0.3, 0.4) is 0 Å². The number of carbonyl (C=O) groups is 3. The van der Waals surface area contributed by atoms with Crippen molar-refractivity contribution in [3.63, 3.8) is 0 Å². The minimum absolute atomic E-state index is 0.153. The maximum absolute atomic E-state index is 12.7. The van der Waals surface area contributed by atoms with Crippen LogP contribution in [-0.2, 0) is 16.1 Å². The molecule has 0 spiro atoms. The van der Waals surface area contributed by atoms with E-state index in [1.54, 1.807) is 11.0 Å². The molecule has 1 atom stereocenters. The molecule has 3 heterocycles. The molecule has 7 heteroatoms. The molecule has 3 amide bonds. The van der Waals surface area contributed by atoms with Crippen molar-refractivity contribution in [3.05, 3.63) is 29.3 Å². The lowest BCUT2D eigenvalue weighted by molar-refractivity contribution is -0.136. The van der Waals surface area contributed by atoms with Gasteiger partial charge in [0.1, 0.15) is 11.8 Å². The Balaban J connectivity index is 1.43. The molecule has 1 aromatic carbocycles. The number of carbonyl (C=O) groups excluding carboxylic acids is 3. The molecule has 4 rings (SSSR count). The Labute approximate surface area is 152 Å². The van der Waals surface area contributed by atoms with E-state index in [4.69, 9.17) is 4.74 Å². The Morgan fingerprint density at radius 1 is 1.12 bits per heavy atom. The van der Waals surface area contributed by atoms with Crippen LogP contribution in [0.2, 0.25) is 0 Å². The van der Waals surface area contributed by atoms with Gasteiger partial charge in [0.05, 0.1) is 6.61 Å². The molecule has 7 nitrogen and oxygen atoms in total. The zero-order valence-electron chi connectivity index (χ0n) is 14.6. The second kappa shape index (κ2) is 7.07. The Morgan fingerprint density at radius 2 is 1.92 bits per heavy atom. The van der Waals surface area contributed by atoms with Gasteiger partial charge in [0, 0.05) is 18.5 Å². The molecule has 0 bridgehead atoms. The molecule has 1 unspecified atom stereocenters. The molecular weight excluding hydrogens is 334 g/mol. The lowest BCUT2D eigenvalue weighted by Gasteiger charge is -2.29. The van der Waals surface area contributed by atoms with Gasteiger partial charge in [-0.05, 0) is 62.0 Å². The van der Waals surface area contributed by atoms with Crippen LogP contribution in [0.15, 0.2) is 18.2 Å². The number of imide groups is 1. The summed E-state index contributed by atoms with van der Waals surface area (Å²) in [7, 11) is 0. The maximum Gasteiger partial charge on any atom is 0.255 e. The van der Waals surface area contributed by atoms with Gasteiger partial charge in [-0.15, -0.1) is 0 Å². The second-order valence-electron chi connectivity index (χ2n) is 7.22. The van der Waals surface area contributed by atoms with Crippen LogP contribution in [0.4, 0.5) is 0 Å². The SMILES string of the molecule is O=C1CCC(N2Cc3cc(OCC4CCNCC4)ccc3C2=O)C(=O)N1. The molecule has 0 aliphatic carbocycles. The van der Waals surface area contributed by atoms with E-state index in [0.29, 0.717) is 31.1 Å². The smallest absolute Gasteiger partial charge is 0.255 e. The van der Waals surface area contributed by atoms with Crippen molar-refractivity contribution in [1.82, 2.24) is 15.5 Å². The number of nitrogens with zero attached hydrogens (tertiary/aromatic N) is 1. The summed E-state index contributed by atoms with van der Waals surface area (Å²) in [6.45, 7) is 3.14. The first-order valence-corrected chi connectivity index (χ1v) is 9.23. The van der Waals surface area contributed by atoms with Gasteiger partial charge in [-0.25, -0.2) is 0 Å². The quantitative estimate of drug-likeness (QED) is 0.779. The van der Waals surface area contributed by atoms with E-state index >= 15 is 0 Å². The largest absolute Gasteiger partial charge is 0.493 e. The van der Waals surface area contributed by atoms with Crippen molar-refractivity contribution in [1.29, 1.82) is 0 Å². The predicted molar refractivity (Wildman–Crippen MR) is 93.6 cm³/mol. The number of piperidine rings is 2. The van der Waals surface area contributed by atoms with Crippen LogP contribution in [0.5, 0.6) is 5.75 Å². The van der Waals surface area contributed by atoms with Crippen LogP contribution in [0.25, 0.3) is 0 Å². The number of amides is 3. The molecule has 3 aliphatic rings. The van der Waals surface area contributed by atoms with Crippen molar-refractivity contribution in [2.45, 2.75) is 38.3 Å². The summed E-state index contributed by atoms with van der Waals surface area (Å²) in [4.78, 5) is 37.6. The lowest BCUT2D eigenvalue weighted by Crippen LogP contribution is -2.52. The zero-order chi connectivity index (χ0) is 18.1.